The van der Waals surface area contributed by atoms with E-state index in [1.54, 1.807) is 19.1 Å². The van der Waals surface area contributed by atoms with Crippen molar-refractivity contribution in [2.45, 2.75) is 40.0 Å². The number of hydrogen-bond acceptors (Lipinski definition) is 6. The standard InChI is InChI=1S/C19H24N2O5/c1-6-26-16(22)11-19(4,18(24)25-5)17(23)15-9-7-8-13-10-14(12(2)3)20-21(13)15/h7-10,12H,6,11H2,1-5H3. The number of hydrogen-bond donors (Lipinski definition) is 0. The summed E-state index contributed by atoms with van der Waals surface area (Å²) in [5.41, 5.74) is 0.0871. The van der Waals surface area contributed by atoms with Crippen molar-refractivity contribution in [3.05, 3.63) is 35.7 Å². The fraction of sp³-hybridized carbons (Fsp3) is 0.474. The lowest BCUT2D eigenvalue weighted by Crippen LogP contribution is -2.40. The number of Topliss-reactive ketones (excluding diaryl/α,β-unsaturated/α-hetero) is 1. The third kappa shape index (κ3) is 3.61. The highest BCUT2D eigenvalue weighted by Crippen LogP contribution is 2.30. The monoisotopic (exact) mass is 360 g/mol. The predicted molar refractivity (Wildman–Crippen MR) is 95.0 cm³/mol. The summed E-state index contributed by atoms with van der Waals surface area (Å²) in [4.78, 5) is 37.6. The van der Waals surface area contributed by atoms with E-state index in [2.05, 4.69) is 5.10 Å². The number of carbonyl (C=O) groups excluding carboxylic acids is 3. The molecule has 0 radical (unpaired) electrons. The maximum absolute atomic E-state index is 13.2. The van der Waals surface area contributed by atoms with Gasteiger partial charge in [0.1, 0.15) is 11.1 Å². The molecule has 2 heterocycles. The molecular formula is C19H24N2O5. The number of ether oxygens (including phenoxy) is 2. The molecule has 0 spiro atoms. The average Bonchev–Trinajstić information content (AvgIpc) is 3.04. The molecule has 0 fully saturated rings. The van der Waals surface area contributed by atoms with E-state index < -0.39 is 29.6 Å². The largest absolute Gasteiger partial charge is 0.468 e. The Labute approximate surface area is 152 Å². The van der Waals surface area contributed by atoms with E-state index in [-0.39, 0.29) is 18.2 Å². The maximum atomic E-state index is 13.2. The first kappa shape index (κ1) is 19.6. The number of pyridine rings is 1. The van der Waals surface area contributed by atoms with Gasteiger partial charge in [-0.05, 0) is 38.0 Å². The van der Waals surface area contributed by atoms with E-state index in [0.29, 0.717) is 0 Å². The summed E-state index contributed by atoms with van der Waals surface area (Å²) < 4.78 is 11.2. The zero-order valence-electron chi connectivity index (χ0n) is 15.7. The molecule has 140 valence electrons. The molecule has 0 saturated carbocycles. The lowest BCUT2D eigenvalue weighted by atomic mass is 9.80. The van der Waals surface area contributed by atoms with Crippen LogP contribution in [0.1, 0.15) is 56.2 Å². The van der Waals surface area contributed by atoms with Crippen LogP contribution in [0.2, 0.25) is 0 Å². The van der Waals surface area contributed by atoms with E-state index in [1.807, 2.05) is 26.0 Å². The van der Waals surface area contributed by atoms with Crippen LogP contribution in [0, 0.1) is 5.41 Å². The van der Waals surface area contributed by atoms with Crippen molar-refractivity contribution in [1.29, 1.82) is 0 Å². The number of esters is 2. The van der Waals surface area contributed by atoms with Gasteiger partial charge in [0.2, 0.25) is 0 Å². The van der Waals surface area contributed by atoms with Crippen molar-refractivity contribution < 1.29 is 23.9 Å². The highest BCUT2D eigenvalue weighted by Gasteiger charge is 2.46. The van der Waals surface area contributed by atoms with Crippen molar-refractivity contribution in [3.63, 3.8) is 0 Å². The summed E-state index contributed by atoms with van der Waals surface area (Å²) in [6.45, 7) is 7.22. The Bertz CT molecular complexity index is 840. The Morgan fingerprint density at radius 1 is 1.27 bits per heavy atom. The maximum Gasteiger partial charge on any atom is 0.320 e. The topological polar surface area (TPSA) is 87.0 Å². The molecule has 2 aromatic rings. The first-order valence-electron chi connectivity index (χ1n) is 8.52. The van der Waals surface area contributed by atoms with Crippen LogP contribution < -0.4 is 0 Å². The first-order chi connectivity index (χ1) is 12.2. The van der Waals surface area contributed by atoms with Crippen molar-refractivity contribution in [3.8, 4) is 0 Å². The number of rotatable bonds is 7. The molecule has 0 aliphatic carbocycles. The lowest BCUT2D eigenvalue weighted by Gasteiger charge is -2.24. The summed E-state index contributed by atoms with van der Waals surface area (Å²) >= 11 is 0. The molecule has 2 aromatic heterocycles. The quantitative estimate of drug-likeness (QED) is 0.429. The van der Waals surface area contributed by atoms with Gasteiger partial charge < -0.3 is 9.47 Å². The molecule has 2 rings (SSSR count). The second kappa shape index (κ2) is 7.68. The summed E-state index contributed by atoms with van der Waals surface area (Å²) in [5, 5.41) is 4.47. The Hall–Kier alpha value is -2.70. The highest BCUT2D eigenvalue weighted by atomic mass is 16.5. The van der Waals surface area contributed by atoms with Gasteiger partial charge in [-0.15, -0.1) is 0 Å². The average molecular weight is 360 g/mol. The number of ketones is 1. The van der Waals surface area contributed by atoms with Crippen molar-refractivity contribution in [2.75, 3.05) is 13.7 Å². The number of fused-ring (bicyclic) bond motifs is 1. The van der Waals surface area contributed by atoms with Crippen molar-refractivity contribution >= 4 is 23.2 Å². The molecule has 0 aliphatic heterocycles. The smallest absolute Gasteiger partial charge is 0.320 e. The fourth-order valence-corrected chi connectivity index (χ4v) is 2.74. The summed E-state index contributed by atoms with van der Waals surface area (Å²) in [6, 6.07) is 7.02. The number of methoxy groups -OCH3 is 1. The van der Waals surface area contributed by atoms with Gasteiger partial charge in [0.25, 0.3) is 0 Å². The summed E-state index contributed by atoms with van der Waals surface area (Å²) in [7, 11) is 1.18. The minimum Gasteiger partial charge on any atom is -0.468 e. The van der Waals surface area contributed by atoms with Crippen LogP contribution >= 0.6 is 0 Å². The van der Waals surface area contributed by atoms with Gasteiger partial charge in [-0.3, -0.25) is 14.4 Å². The van der Waals surface area contributed by atoms with Crippen molar-refractivity contribution in [1.82, 2.24) is 9.61 Å². The minimum atomic E-state index is -1.70. The Morgan fingerprint density at radius 2 is 1.96 bits per heavy atom. The number of carbonyl (C=O) groups is 3. The van der Waals surface area contributed by atoms with Crippen LogP contribution in [0.5, 0.6) is 0 Å². The molecular weight excluding hydrogens is 336 g/mol. The second-order valence-corrected chi connectivity index (χ2v) is 6.61. The molecule has 1 unspecified atom stereocenters. The number of aromatic nitrogens is 2. The van der Waals surface area contributed by atoms with E-state index in [0.717, 1.165) is 11.2 Å². The Morgan fingerprint density at radius 3 is 2.54 bits per heavy atom. The molecule has 1 atom stereocenters. The first-order valence-corrected chi connectivity index (χ1v) is 8.52. The van der Waals surface area contributed by atoms with Gasteiger partial charge >= 0.3 is 11.9 Å². The molecule has 0 aromatic carbocycles. The van der Waals surface area contributed by atoms with E-state index in [1.165, 1.54) is 18.5 Å². The fourth-order valence-electron chi connectivity index (χ4n) is 2.74. The third-order valence-corrected chi connectivity index (χ3v) is 4.27. The van der Waals surface area contributed by atoms with Gasteiger partial charge in [0, 0.05) is 0 Å². The lowest BCUT2D eigenvalue weighted by molar-refractivity contribution is -0.156. The second-order valence-electron chi connectivity index (χ2n) is 6.61. The zero-order valence-corrected chi connectivity index (χ0v) is 15.7. The van der Waals surface area contributed by atoms with Crippen LogP contribution in [0.15, 0.2) is 24.3 Å². The third-order valence-electron chi connectivity index (χ3n) is 4.27. The van der Waals surface area contributed by atoms with Crippen LogP contribution in [0.4, 0.5) is 0 Å². The molecule has 26 heavy (non-hydrogen) atoms. The molecule has 0 aliphatic rings. The van der Waals surface area contributed by atoms with Gasteiger partial charge in [0.15, 0.2) is 5.78 Å². The zero-order chi connectivity index (χ0) is 19.5. The van der Waals surface area contributed by atoms with E-state index >= 15 is 0 Å². The van der Waals surface area contributed by atoms with Crippen LogP contribution in [0.25, 0.3) is 5.52 Å². The van der Waals surface area contributed by atoms with Gasteiger partial charge in [0.05, 0.1) is 31.3 Å². The normalized spacial score (nSPS) is 13.5. The molecule has 0 saturated heterocycles. The Kier molecular flexibility index (Phi) is 5.79. The van der Waals surface area contributed by atoms with Gasteiger partial charge in [-0.1, -0.05) is 19.9 Å². The molecule has 0 N–H and O–H groups in total. The predicted octanol–water partition coefficient (Wildman–Crippen LogP) is 2.77. The van der Waals surface area contributed by atoms with Gasteiger partial charge in [-0.25, -0.2) is 4.52 Å². The highest BCUT2D eigenvalue weighted by molar-refractivity contribution is 6.13. The Balaban J connectivity index is 2.53. The van der Waals surface area contributed by atoms with Crippen molar-refractivity contribution in [2.24, 2.45) is 5.41 Å². The van der Waals surface area contributed by atoms with Crippen LogP contribution in [-0.4, -0.2) is 41.1 Å². The molecule has 0 amide bonds. The molecule has 7 heteroatoms. The van der Waals surface area contributed by atoms with Crippen LogP contribution in [-0.2, 0) is 19.1 Å². The summed E-state index contributed by atoms with van der Waals surface area (Å²) in [6.07, 6.45) is -0.402. The summed E-state index contributed by atoms with van der Waals surface area (Å²) in [5.74, 6) is -1.78. The SMILES string of the molecule is CCOC(=O)CC(C)(C(=O)OC)C(=O)c1cccc2cc(C(C)C)nn12. The van der Waals surface area contributed by atoms with E-state index in [9.17, 15) is 14.4 Å². The van der Waals surface area contributed by atoms with Crippen LogP contribution in [0.3, 0.4) is 0 Å². The molecule has 0 bridgehead atoms. The molecule has 7 nitrogen and oxygen atoms in total. The van der Waals surface area contributed by atoms with E-state index in [4.69, 9.17) is 9.47 Å². The van der Waals surface area contributed by atoms with Gasteiger partial charge in [-0.2, -0.15) is 5.10 Å². The minimum absolute atomic E-state index is 0.163. The number of nitrogens with zero attached hydrogens (tertiary/aromatic N) is 2.